The van der Waals surface area contributed by atoms with Crippen molar-refractivity contribution in [2.75, 3.05) is 0 Å². The van der Waals surface area contributed by atoms with Crippen LogP contribution < -0.4 is 0 Å². The molecule has 0 aliphatic carbocycles. The SMILES string of the molecule is [Cl][Pd][Cl].[Cs]. The van der Waals surface area contributed by atoms with E-state index in [1.54, 1.807) is 0 Å². The summed E-state index contributed by atoms with van der Waals surface area (Å²) in [7, 11) is 9.63. The summed E-state index contributed by atoms with van der Waals surface area (Å²) in [6.07, 6.45) is 0. The molecule has 0 aromatic rings. The second-order valence-corrected chi connectivity index (χ2v) is 2.41. The average molecular weight is 310 g/mol. The summed E-state index contributed by atoms with van der Waals surface area (Å²) >= 11 is -0.106. The zero-order valence-corrected chi connectivity index (χ0v) is 11.4. The first-order valence-electron chi connectivity index (χ1n) is 0.239. The van der Waals surface area contributed by atoms with Gasteiger partial charge in [-0.1, -0.05) is 0 Å². The van der Waals surface area contributed by atoms with Crippen LogP contribution >= 0.6 is 19.1 Å². The Bertz CT molecular complexity index is 6.00. The topological polar surface area (TPSA) is 0 Å². The predicted molar refractivity (Wildman–Crippen MR) is 17.5 cm³/mol. The van der Waals surface area contributed by atoms with E-state index in [0.717, 1.165) is 0 Å². The Hall–Kier alpha value is 3.29. The molecule has 0 atom stereocenters. The van der Waals surface area contributed by atoms with Crippen LogP contribution in [0.3, 0.4) is 0 Å². The Labute approximate surface area is 101 Å². The van der Waals surface area contributed by atoms with Gasteiger partial charge < -0.3 is 0 Å². The van der Waals surface area contributed by atoms with E-state index in [1.165, 1.54) is 0 Å². The third-order valence-corrected chi connectivity index (χ3v) is 0. The maximum absolute atomic E-state index is 4.81. The van der Waals surface area contributed by atoms with Crippen molar-refractivity contribution in [3.05, 3.63) is 0 Å². The van der Waals surface area contributed by atoms with Crippen molar-refractivity contribution in [3.8, 4) is 0 Å². The smallest absolute Gasteiger partial charge is 0 e. The molecule has 4 heavy (non-hydrogen) atoms. The van der Waals surface area contributed by atoms with Crippen molar-refractivity contribution in [1.82, 2.24) is 0 Å². The fourth-order valence-corrected chi connectivity index (χ4v) is 0. The normalized spacial score (nSPS) is 5.50. The van der Waals surface area contributed by atoms with E-state index >= 15 is 0 Å². The molecule has 0 fully saturated rings. The molecule has 0 nitrogen and oxygen atoms in total. The van der Waals surface area contributed by atoms with Gasteiger partial charge in [0, 0.05) is 68.9 Å². The van der Waals surface area contributed by atoms with Crippen LogP contribution in [0.5, 0.6) is 0 Å². The van der Waals surface area contributed by atoms with Crippen molar-refractivity contribution in [2.24, 2.45) is 0 Å². The monoisotopic (exact) mass is 309 g/mol. The maximum Gasteiger partial charge on any atom is 0 e. The largest absolute Gasteiger partial charge is 0 e. The minimum Gasteiger partial charge on any atom is 0 e. The van der Waals surface area contributed by atoms with Crippen LogP contribution in [-0.4, -0.2) is 68.9 Å². The standard InChI is InChI=1S/2ClH.Cs.Pd/h2*1H;;/q;;;+2/p-2. The van der Waals surface area contributed by atoms with Gasteiger partial charge in [-0.25, -0.2) is 0 Å². The van der Waals surface area contributed by atoms with Crippen molar-refractivity contribution >= 4 is 88.0 Å². The molecule has 0 aliphatic heterocycles. The second kappa shape index (κ2) is 9.57. The first-order chi connectivity index (χ1) is 1.41. The summed E-state index contributed by atoms with van der Waals surface area (Å²) < 4.78 is 0. The maximum atomic E-state index is 4.81. The quantitative estimate of drug-likeness (QED) is 0.586. The van der Waals surface area contributed by atoms with Crippen molar-refractivity contribution in [2.45, 2.75) is 0 Å². The predicted octanol–water partition coefficient (Wildman–Crippen LogP) is 0.996. The Kier molecular flexibility index (Phi) is 24.7. The molecule has 0 saturated carbocycles. The molecule has 0 unspecified atom stereocenters. The molecular weight excluding hydrogens is 310 g/mol. The molecule has 0 N–H and O–H groups in total. The van der Waals surface area contributed by atoms with Gasteiger partial charge in [-0.3, -0.25) is 0 Å². The fourth-order valence-electron chi connectivity index (χ4n) is 0. The van der Waals surface area contributed by atoms with Gasteiger partial charge in [0.05, 0.1) is 0 Å². The third-order valence-electron chi connectivity index (χ3n) is 0. The molecule has 0 aromatic carbocycles. The summed E-state index contributed by atoms with van der Waals surface area (Å²) in [5.41, 5.74) is 0. The van der Waals surface area contributed by atoms with Crippen LogP contribution in [0.15, 0.2) is 0 Å². The Balaban J connectivity index is 0. The number of halogens is 2. The summed E-state index contributed by atoms with van der Waals surface area (Å²) in [6, 6.07) is 0. The third kappa shape index (κ3) is 9.00. The number of hydrogen-bond donors (Lipinski definition) is 0. The van der Waals surface area contributed by atoms with Gasteiger partial charge in [0.15, 0.2) is 0 Å². The Morgan fingerprint density at radius 2 is 1.25 bits per heavy atom. The number of hydrogen-bond acceptors (Lipinski definition) is 0. The van der Waals surface area contributed by atoms with Gasteiger partial charge in [-0.15, -0.1) is 0 Å². The molecule has 0 amide bonds. The van der Waals surface area contributed by atoms with E-state index in [1.807, 2.05) is 0 Å². The molecule has 1 radical (unpaired) electrons. The summed E-state index contributed by atoms with van der Waals surface area (Å²) in [6.45, 7) is 0. The van der Waals surface area contributed by atoms with E-state index < -0.39 is 0 Å². The minimum absolute atomic E-state index is 0. The molecule has 0 aliphatic rings. The van der Waals surface area contributed by atoms with Crippen LogP contribution in [0.1, 0.15) is 0 Å². The molecule has 4 heteroatoms. The molecule has 0 spiro atoms. The second-order valence-electron chi connectivity index (χ2n) is 0.0452. The van der Waals surface area contributed by atoms with Gasteiger partial charge in [0.25, 0.3) is 0 Å². The molecule has 0 saturated heterocycles. The van der Waals surface area contributed by atoms with Crippen LogP contribution in [0, 0.1) is 0 Å². The summed E-state index contributed by atoms with van der Waals surface area (Å²) in [4.78, 5) is 0. The van der Waals surface area contributed by atoms with E-state index in [2.05, 4.69) is 0 Å². The van der Waals surface area contributed by atoms with E-state index in [4.69, 9.17) is 19.1 Å². The van der Waals surface area contributed by atoms with Gasteiger partial charge in [0.2, 0.25) is 0 Å². The van der Waals surface area contributed by atoms with Gasteiger partial charge in [-0.2, -0.15) is 0 Å². The summed E-state index contributed by atoms with van der Waals surface area (Å²) in [5.74, 6) is 0. The zero-order valence-electron chi connectivity index (χ0n) is 2.07. The van der Waals surface area contributed by atoms with E-state index in [0.29, 0.717) is 0 Å². The molecule has 0 bridgehead atoms. The van der Waals surface area contributed by atoms with Crippen LogP contribution in [0.4, 0.5) is 0 Å². The van der Waals surface area contributed by atoms with Gasteiger partial charge in [-0.05, 0) is 0 Å². The minimum atomic E-state index is -0.106. The van der Waals surface area contributed by atoms with Crippen molar-refractivity contribution in [1.29, 1.82) is 0 Å². The van der Waals surface area contributed by atoms with Crippen LogP contribution in [-0.2, 0) is 15.9 Å². The van der Waals surface area contributed by atoms with E-state index in [9.17, 15) is 0 Å². The first kappa shape index (κ1) is 10.3. The van der Waals surface area contributed by atoms with Crippen LogP contribution in [0.2, 0.25) is 0 Å². The fraction of sp³-hybridized carbons (Fsp3) is 0. The van der Waals surface area contributed by atoms with E-state index in [-0.39, 0.29) is 84.8 Å². The molecular formula is Cl2CsPd. The van der Waals surface area contributed by atoms with Crippen LogP contribution in [0.25, 0.3) is 0 Å². The van der Waals surface area contributed by atoms with Crippen molar-refractivity contribution in [3.63, 3.8) is 0 Å². The molecule has 0 aromatic heterocycles. The van der Waals surface area contributed by atoms with Gasteiger partial charge in [0.1, 0.15) is 0 Å². The molecule has 0 heterocycles. The Morgan fingerprint density at radius 3 is 1.25 bits per heavy atom. The molecule has 0 rings (SSSR count). The Morgan fingerprint density at radius 1 is 1.25 bits per heavy atom. The summed E-state index contributed by atoms with van der Waals surface area (Å²) in [5, 5.41) is 0. The van der Waals surface area contributed by atoms with Crippen molar-refractivity contribution < 1.29 is 15.9 Å². The first-order valence-corrected chi connectivity index (χ1v) is 4.24. The molecule has 25 valence electrons. The average Bonchev–Trinajstić information content (AvgIpc) is 0.918. The zero-order chi connectivity index (χ0) is 2.71. The van der Waals surface area contributed by atoms with Gasteiger partial charge >= 0.3 is 35.0 Å². The number of rotatable bonds is 0.